The molecular formula is C24H27FN4O2. The lowest BCUT2D eigenvalue weighted by Gasteiger charge is -2.31. The summed E-state index contributed by atoms with van der Waals surface area (Å²) >= 11 is 0. The van der Waals surface area contributed by atoms with Crippen LogP contribution < -0.4 is 14.8 Å². The van der Waals surface area contributed by atoms with Crippen LogP contribution in [-0.4, -0.2) is 47.7 Å². The maximum atomic E-state index is 13.6. The number of piperidine rings is 1. The Kier molecular flexibility index (Phi) is 6.32. The van der Waals surface area contributed by atoms with E-state index in [9.17, 15) is 4.39 Å². The summed E-state index contributed by atoms with van der Waals surface area (Å²) in [5, 5.41) is 4.08. The lowest BCUT2D eigenvalue weighted by atomic mass is 10.1. The monoisotopic (exact) mass is 422 g/mol. The first-order valence-corrected chi connectivity index (χ1v) is 10.4. The fraction of sp³-hybridized carbons (Fsp3) is 0.333. The van der Waals surface area contributed by atoms with Crippen molar-refractivity contribution in [1.82, 2.24) is 14.9 Å². The molecule has 7 heteroatoms. The minimum Gasteiger partial charge on any atom is -0.493 e. The van der Waals surface area contributed by atoms with E-state index in [0.29, 0.717) is 22.9 Å². The molecule has 4 rings (SSSR count). The molecule has 0 aliphatic carbocycles. The van der Waals surface area contributed by atoms with Crippen molar-refractivity contribution < 1.29 is 13.9 Å². The lowest BCUT2D eigenvalue weighted by Crippen LogP contribution is -2.38. The van der Waals surface area contributed by atoms with E-state index in [2.05, 4.69) is 26.8 Å². The van der Waals surface area contributed by atoms with Crippen LogP contribution in [0.1, 0.15) is 18.4 Å². The Morgan fingerprint density at radius 3 is 2.71 bits per heavy atom. The van der Waals surface area contributed by atoms with Crippen molar-refractivity contribution in [3.63, 3.8) is 0 Å². The molecule has 6 nitrogen and oxygen atoms in total. The first-order chi connectivity index (χ1) is 15.1. The topological polar surface area (TPSA) is 59.5 Å². The van der Waals surface area contributed by atoms with Crippen molar-refractivity contribution in [2.24, 2.45) is 0 Å². The van der Waals surface area contributed by atoms with Gasteiger partial charge in [0.1, 0.15) is 24.1 Å². The number of benzene rings is 2. The summed E-state index contributed by atoms with van der Waals surface area (Å²) in [7, 11) is 1.63. The molecule has 162 valence electrons. The van der Waals surface area contributed by atoms with Crippen LogP contribution in [0.2, 0.25) is 0 Å². The second-order valence-electron chi connectivity index (χ2n) is 7.74. The van der Waals surface area contributed by atoms with Crippen LogP contribution >= 0.6 is 0 Å². The van der Waals surface area contributed by atoms with E-state index in [1.54, 1.807) is 26.2 Å². The van der Waals surface area contributed by atoms with Crippen molar-refractivity contribution in [1.29, 1.82) is 0 Å². The SMILES string of the molecule is C=CCN1CCC(Oc2cc3c(Nc4ccc(F)c(C)c4)ncnc3cc2OC)CC1. The molecule has 0 amide bonds. The third-order valence-corrected chi connectivity index (χ3v) is 5.56. The number of aromatic nitrogens is 2. The summed E-state index contributed by atoms with van der Waals surface area (Å²) in [5.41, 5.74) is 2.06. The molecule has 1 aliphatic heterocycles. The quantitative estimate of drug-likeness (QED) is 0.549. The highest BCUT2D eigenvalue weighted by Gasteiger charge is 2.22. The number of methoxy groups -OCH3 is 1. The van der Waals surface area contributed by atoms with Crippen LogP contribution in [-0.2, 0) is 0 Å². The number of aryl methyl sites for hydroxylation is 1. The van der Waals surface area contributed by atoms with Gasteiger partial charge in [-0.2, -0.15) is 0 Å². The molecule has 0 bridgehead atoms. The van der Waals surface area contributed by atoms with Crippen molar-refractivity contribution in [3.05, 3.63) is 60.7 Å². The summed E-state index contributed by atoms with van der Waals surface area (Å²) < 4.78 is 25.5. The van der Waals surface area contributed by atoms with Crippen molar-refractivity contribution in [2.45, 2.75) is 25.9 Å². The first-order valence-electron chi connectivity index (χ1n) is 10.4. The van der Waals surface area contributed by atoms with Gasteiger partial charge in [-0.1, -0.05) is 6.08 Å². The van der Waals surface area contributed by atoms with E-state index in [1.807, 2.05) is 18.2 Å². The predicted molar refractivity (Wildman–Crippen MR) is 121 cm³/mol. The first kappa shape index (κ1) is 21.1. The molecule has 2 heterocycles. The van der Waals surface area contributed by atoms with Gasteiger partial charge in [0.25, 0.3) is 0 Å². The lowest BCUT2D eigenvalue weighted by molar-refractivity contribution is 0.104. The molecule has 0 spiro atoms. The van der Waals surface area contributed by atoms with Crippen LogP contribution in [0.4, 0.5) is 15.9 Å². The number of hydrogen-bond donors (Lipinski definition) is 1. The summed E-state index contributed by atoms with van der Waals surface area (Å²) in [5.74, 6) is 1.70. The number of rotatable bonds is 7. The summed E-state index contributed by atoms with van der Waals surface area (Å²) in [4.78, 5) is 11.1. The second-order valence-corrected chi connectivity index (χ2v) is 7.74. The van der Waals surface area contributed by atoms with E-state index in [0.717, 1.165) is 49.1 Å². The highest BCUT2D eigenvalue weighted by atomic mass is 19.1. The number of hydrogen-bond acceptors (Lipinski definition) is 6. The van der Waals surface area contributed by atoms with Gasteiger partial charge in [-0.15, -0.1) is 6.58 Å². The molecule has 0 unspecified atom stereocenters. The van der Waals surface area contributed by atoms with Gasteiger partial charge in [0, 0.05) is 36.8 Å². The van der Waals surface area contributed by atoms with Crippen LogP contribution in [0.25, 0.3) is 10.9 Å². The minimum absolute atomic E-state index is 0.119. The standard InChI is InChI=1S/C24H27FN4O2/c1-4-9-29-10-7-18(8-11-29)31-23-13-19-21(14-22(23)30-3)26-15-27-24(19)28-17-5-6-20(25)16(2)12-17/h4-6,12-15,18H,1,7-11H2,2-3H3,(H,26,27,28). The Morgan fingerprint density at radius 1 is 1.19 bits per heavy atom. The Morgan fingerprint density at radius 2 is 2.00 bits per heavy atom. The van der Waals surface area contributed by atoms with Crippen molar-refractivity contribution >= 4 is 22.4 Å². The smallest absolute Gasteiger partial charge is 0.162 e. The number of halogens is 1. The van der Waals surface area contributed by atoms with Gasteiger partial charge in [-0.3, -0.25) is 4.90 Å². The number of fused-ring (bicyclic) bond motifs is 1. The van der Waals surface area contributed by atoms with E-state index < -0.39 is 0 Å². The van der Waals surface area contributed by atoms with Crippen LogP contribution in [0.15, 0.2) is 49.3 Å². The van der Waals surface area contributed by atoms with Gasteiger partial charge in [-0.05, 0) is 49.6 Å². The Bertz CT molecular complexity index is 1080. The largest absolute Gasteiger partial charge is 0.493 e. The molecule has 2 aromatic carbocycles. The normalized spacial score (nSPS) is 15.1. The maximum Gasteiger partial charge on any atom is 0.162 e. The molecule has 1 fully saturated rings. The fourth-order valence-electron chi connectivity index (χ4n) is 3.85. The van der Waals surface area contributed by atoms with E-state index in [4.69, 9.17) is 9.47 Å². The van der Waals surface area contributed by atoms with Crippen LogP contribution in [0.5, 0.6) is 11.5 Å². The van der Waals surface area contributed by atoms with Crippen LogP contribution in [0, 0.1) is 12.7 Å². The minimum atomic E-state index is -0.238. The zero-order valence-electron chi connectivity index (χ0n) is 17.9. The second kappa shape index (κ2) is 9.31. The molecule has 0 saturated carbocycles. The number of nitrogens with zero attached hydrogens (tertiary/aromatic N) is 3. The van der Waals surface area contributed by atoms with Crippen molar-refractivity contribution in [2.75, 3.05) is 32.1 Å². The number of anilines is 2. The summed E-state index contributed by atoms with van der Waals surface area (Å²) in [6.07, 6.45) is 5.44. The third kappa shape index (κ3) is 4.77. The number of nitrogens with one attached hydrogen (secondary N) is 1. The van der Waals surface area contributed by atoms with E-state index in [1.165, 1.54) is 12.4 Å². The van der Waals surface area contributed by atoms with Gasteiger partial charge in [0.05, 0.1) is 12.6 Å². The molecule has 1 aromatic heterocycles. The van der Waals surface area contributed by atoms with Gasteiger partial charge in [-0.25, -0.2) is 14.4 Å². The zero-order chi connectivity index (χ0) is 21.8. The molecule has 3 aromatic rings. The van der Waals surface area contributed by atoms with E-state index in [-0.39, 0.29) is 11.9 Å². The van der Waals surface area contributed by atoms with Gasteiger partial charge in [0.15, 0.2) is 11.5 Å². The summed E-state index contributed by atoms with van der Waals surface area (Å²) in [6.45, 7) is 8.41. The van der Waals surface area contributed by atoms with Crippen molar-refractivity contribution in [3.8, 4) is 11.5 Å². The molecule has 1 aliphatic rings. The molecule has 1 saturated heterocycles. The fourth-order valence-corrected chi connectivity index (χ4v) is 3.85. The Labute approximate surface area is 181 Å². The Hall–Kier alpha value is -3.19. The maximum absolute atomic E-state index is 13.6. The van der Waals surface area contributed by atoms with E-state index >= 15 is 0 Å². The van der Waals surface area contributed by atoms with Crippen LogP contribution in [0.3, 0.4) is 0 Å². The molecule has 0 atom stereocenters. The average molecular weight is 423 g/mol. The Balaban J connectivity index is 1.61. The highest BCUT2D eigenvalue weighted by Crippen LogP contribution is 2.36. The number of likely N-dealkylation sites (tertiary alicyclic amines) is 1. The molecule has 0 radical (unpaired) electrons. The van der Waals surface area contributed by atoms with Gasteiger partial charge in [0.2, 0.25) is 0 Å². The zero-order valence-corrected chi connectivity index (χ0v) is 17.9. The van der Waals surface area contributed by atoms with Gasteiger partial charge >= 0.3 is 0 Å². The predicted octanol–water partition coefficient (Wildman–Crippen LogP) is 4.86. The average Bonchev–Trinajstić information content (AvgIpc) is 2.78. The van der Waals surface area contributed by atoms with Gasteiger partial charge < -0.3 is 14.8 Å². The molecular weight excluding hydrogens is 395 g/mol. The molecule has 1 N–H and O–H groups in total. The third-order valence-electron chi connectivity index (χ3n) is 5.56. The molecule has 31 heavy (non-hydrogen) atoms. The summed E-state index contributed by atoms with van der Waals surface area (Å²) in [6, 6.07) is 8.66. The highest BCUT2D eigenvalue weighted by molar-refractivity contribution is 5.93. The number of ether oxygens (including phenoxy) is 2.